The van der Waals surface area contributed by atoms with Gasteiger partial charge in [0.05, 0.1) is 18.7 Å². The summed E-state index contributed by atoms with van der Waals surface area (Å²) in [5, 5.41) is 19.6. The summed E-state index contributed by atoms with van der Waals surface area (Å²) in [5.41, 5.74) is -1.08. The first kappa shape index (κ1) is 19.5. The third-order valence-corrected chi connectivity index (χ3v) is 4.31. The molecule has 0 aliphatic carbocycles. The predicted molar refractivity (Wildman–Crippen MR) is 100 cm³/mol. The zero-order chi connectivity index (χ0) is 20.1. The number of aromatic nitrogens is 3. The van der Waals surface area contributed by atoms with Crippen LogP contribution in [0.5, 0.6) is 0 Å². The Morgan fingerprint density at radius 3 is 2.18 bits per heavy atom. The van der Waals surface area contributed by atoms with E-state index in [1.807, 2.05) is 0 Å². The molecule has 1 aromatic heterocycles. The van der Waals surface area contributed by atoms with E-state index in [4.69, 9.17) is 9.47 Å². The van der Waals surface area contributed by atoms with Crippen LogP contribution in [0.1, 0.15) is 25.5 Å². The summed E-state index contributed by atoms with van der Waals surface area (Å²) in [6.45, 7) is 3.15. The summed E-state index contributed by atoms with van der Waals surface area (Å²) in [6.07, 6.45) is 0. The van der Waals surface area contributed by atoms with Gasteiger partial charge in [-0.3, -0.25) is 0 Å². The lowest BCUT2D eigenvalue weighted by Gasteiger charge is -2.32. The summed E-state index contributed by atoms with van der Waals surface area (Å²) < 4.78 is 11.4. The molecular formula is C20H21N3O5. The van der Waals surface area contributed by atoms with Crippen molar-refractivity contribution in [3.63, 3.8) is 0 Å². The maximum Gasteiger partial charge on any atom is 0.352 e. The van der Waals surface area contributed by atoms with Gasteiger partial charge in [-0.25, -0.2) is 14.3 Å². The van der Waals surface area contributed by atoms with Crippen LogP contribution < -0.4 is 0 Å². The number of benzene rings is 2. The Bertz CT molecular complexity index is 952. The zero-order valence-corrected chi connectivity index (χ0v) is 15.6. The van der Waals surface area contributed by atoms with E-state index < -0.39 is 23.6 Å². The zero-order valence-electron chi connectivity index (χ0n) is 15.6. The molecule has 0 spiro atoms. The van der Waals surface area contributed by atoms with Gasteiger partial charge in [-0.15, -0.1) is 5.10 Å². The Balaban J connectivity index is 2.27. The minimum atomic E-state index is -2.65. The second kappa shape index (κ2) is 8.18. The van der Waals surface area contributed by atoms with Crippen LogP contribution in [0.15, 0.2) is 54.6 Å². The lowest BCUT2D eigenvalue weighted by atomic mass is 9.88. The molecule has 1 atom stereocenters. The topological polar surface area (TPSA) is 104 Å². The molecule has 146 valence electrons. The minimum Gasteiger partial charge on any atom is -0.463 e. The fourth-order valence-corrected chi connectivity index (χ4v) is 3.06. The van der Waals surface area contributed by atoms with Gasteiger partial charge < -0.3 is 14.6 Å². The smallest absolute Gasteiger partial charge is 0.352 e. The molecule has 28 heavy (non-hydrogen) atoms. The first-order chi connectivity index (χ1) is 13.5. The Labute approximate surface area is 161 Å². The van der Waals surface area contributed by atoms with E-state index in [9.17, 15) is 14.7 Å². The second-order valence-corrected chi connectivity index (χ2v) is 6.04. The first-order valence-corrected chi connectivity index (χ1v) is 8.95. The van der Waals surface area contributed by atoms with Crippen LogP contribution in [0, 0.1) is 0 Å². The van der Waals surface area contributed by atoms with Gasteiger partial charge in [0.25, 0.3) is 5.60 Å². The average Bonchev–Trinajstić information content (AvgIpc) is 3.13. The van der Waals surface area contributed by atoms with E-state index in [1.165, 1.54) is 4.68 Å². The van der Waals surface area contributed by atoms with Gasteiger partial charge in [-0.05, 0) is 31.5 Å². The SMILES string of the molecule is CCOC(=O)C(O)(C(=O)OCC)[C@@H](c1ccccc1)n1nnc2ccccc21. The van der Waals surface area contributed by atoms with Crippen molar-refractivity contribution in [3.05, 3.63) is 60.2 Å². The number of rotatable bonds is 7. The molecule has 0 aliphatic heterocycles. The van der Waals surface area contributed by atoms with Crippen molar-refractivity contribution in [2.75, 3.05) is 13.2 Å². The Morgan fingerprint density at radius 1 is 1.00 bits per heavy atom. The van der Waals surface area contributed by atoms with Gasteiger partial charge >= 0.3 is 11.9 Å². The molecule has 3 rings (SSSR count). The average molecular weight is 383 g/mol. The van der Waals surface area contributed by atoms with Crippen molar-refractivity contribution in [1.82, 2.24) is 15.0 Å². The van der Waals surface area contributed by atoms with Gasteiger partial charge in [-0.1, -0.05) is 47.7 Å². The van der Waals surface area contributed by atoms with Gasteiger partial charge in [0.2, 0.25) is 0 Å². The van der Waals surface area contributed by atoms with E-state index >= 15 is 0 Å². The molecule has 0 saturated heterocycles. The van der Waals surface area contributed by atoms with Crippen molar-refractivity contribution in [2.45, 2.75) is 25.5 Å². The quantitative estimate of drug-likeness (QED) is 0.491. The molecule has 0 bridgehead atoms. The molecule has 3 aromatic rings. The van der Waals surface area contributed by atoms with Crippen molar-refractivity contribution >= 4 is 23.0 Å². The molecular weight excluding hydrogens is 362 g/mol. The maximum absolute atomic E-state index is 12.8. The van der Waals surface area contributed by atoms with Crippen molar-refractivity contribution in [3.8, 4) is 0 Å². The molecule has 0 radical (unpaired) electrons. The number of aliphatic hydroxyl groups is 1. The number of hydrogen-bond donors (Lipinski definition) is 1. The highest BCUT2D eigenvalue weighted by Gasteiger charge is 2.56. The second-order valence-electron chi connectivity index (χ2n) is 6.04. The highest BCUT2D eigenvalue weighted by Crippen LogP contribution is 2.34. The largest absolute Gasteiger partial charge is 0.463 e. The van der Waals surface area contributed by atoms with Gasteiger partial charge in [0.15, 0.2) is 0 Å². The standard InChI is InChI=1S/C20H21N3O5/c1-3-27-18(24)20(26,19(25)28-4-2)17(14-10-6-5-7-11-14)23-16-13-9-8-12-15(16)21-22-23/h5-13,17,26H,3-4H2,1-2H3/t17-/m1/s1. The highest BCUT2D eigenvalue weighted by atomic mass is 16.6. The normalized spacial score (nSPS) is 12.5. The number of ether oxygens (including phenoxy) is 2. The van der Waals surface area contributed by atoms with Gasteiger partial charge in [0, 0.05) is 0 Å². The molecule has 0 unspecified atom stereocenters. The van der Waals surface area contributed by atoms with Crippen LogP contribution in [0.2, 0.25) is 0 Å². The maximum atomic E-state index is 12.8. The van der Waals surface area contributed by atoms with Crippen LogP contribution in [-0.2, 0) is 19.1 Å². The number of esters is 2. The van der Waals surface area contributed by atoms with E-state index in [0.717, 1.165) is 0 Å². The Kier molecular flexibility index (Phi) is 5.70. The highest BCUT2D eigenvalue weighted by molar-refractivity contribution is 6.04. The molecule has 0 saturated carbocycles. The van der Waals surface area contributed by atoms with Gasteiger partial charge in [-0.2, -0.15) is 0 Å². The number of fused-ring (bicyclic) bond motifs is 1. The summed E-state index contributed by atoms with van der Waals surface area (Å²) in [6, 6.07) is 14.4. The lowest BCUT2D eigenvalue weighted by molar-refractivity contribution is -0.187. The summed E-state index contributed by atoms with van der Waals surface area (Å²) in [7, 11) is 0. The Hall–Kier alpha value is -3.26. The van der Waals surface area contributed by atoms with Crippen LogP contribution in [0.25, 0.3) is 11.0 Å². The first-order valence-electron chi connectivity index (χ1n) is 8.95. The van der Waals surface area contributed by atoms with E-state index in [2.05, 4.69) is 10.3 Å². The van der Waals surface area contributed by atoms with Crippen LogP contribution in [0.3, 0.4) is 0 Å². The number of carbonyl (C=O) groups is 2. The fraction of sp³-hybridized carbons (Fsp3) is 0.300. The number of hydrogen-bond acceptors (Lipinski definition) is 7. The van der Waals surface area contributed by atoms with Gasteiger partial charge in [0.1, 0.15) is 11.6 Å². The Morgan fingerprint density at radius 2 is 1.57 bits per heavy atom. The van der Waals surface area contributed by atoms with E-state index in [1.54, 1.807) is 68.4 Å². The molecule has 8 nitrogen and oxygen atoms in total. The van der Waals surface area contributed by atoms with Crippen LogP contribution in [-0.4, -0.2) is 50.9 Å². The monoisotopic (exact) mass is 383 g/mol. The van der Waals surface area contributed by atoms with E-state index in [-0.39, 0.29) is 13.2 Å². The molecule has 1 N–H and O–H groups in total. The molecule has 1 heterocycles. The number of carbonyl (C=O) groups excluding carboxylic acids is 2. The van der Waals surface area contributed by atoms with Crippen molar-refractivity contribution < 1.29 is 24.2 Å². The fourth-order valence-electron chi connectivity index (χ4n) is 3.06. The molecule has 0 amide bonds. The predicted octanol–water partition coefficient (Wildman–Crippen LogP) is 1.88. The summed E-state index contributed by atoms with van der Waals surface area (Å²) in [4.78, 5) is 25.6. The molecule has 0 aliphatic rings. The molecule has 0 fully saturated rings. The third-order valence-electron chi connectivity index (χ3n) is 4.31. The van der Waals surface area contributed by atoms with Crippen molar-refractivity contribution in [2.24, 2.45) is 0 Å². The van der Waals surface area contributed by atoms with Crippen LogP contribution in [0.4, 0.5) is 0 Å². The molecule has 2 aromatic carbocycles. The summed E-state index contributed by atoms with van der Waals surface area (Å²) in [5.74, 6) is -2.22. The van der Waals surface area contributed by atoms with Crippen LogP contribution >= 0.6 is 0 Å². The molecule has 8 heteroatoms. The summed E-state index contributed by atoms with van der Waals surface area (Å²) >= 11 is 0. The third kappa shape index (κ3) is 3.34. The van der Waals surface area contributed by atoms with Crippen molar-refractivity contribution in [1.29, 1.82) is 0 Å². The lowest BCUT2D eigenvalue weighted by Crippen LogP contribution is -2.55. The minimum absolute atomic E-state index is 0.0137. The number of para-hydroxylation sites is 1. The van der Waals surface area contributed by atoms with E-state index in [0.29, 0.717) is 16.6 Å². The number of nitrogens with zero attached hydrogens (tertiary/aromatic N) is 3.